The van der Waals surface area contributed by atoms with E-state index in [0.29, 0.717) is 11.1 Å². The first kappa shape index (κ1) is 16.0. The molecule has 114 valence electrons. The Bertz CT molecular complexity index is 806. The van der Waals surface area contributed by atoms with Gasteiger partial charge in [-0.15, -0.1) is 0 Å². The molecule has 2 aromatic carbocycles. The summed E-state index contributed by atoms with van der Waals surface area (Å²) in [6.45, 7) is 1.73. The third kappa shape index (κ3) is 3.62. The van der Waals surface area contributed by atoms with Gasteiger partial charge < -0.3 is 4.74 Å². The van der Waals surface area contributed by atoms with E-state index in [9.17, 15) is 13.2 Å². The van der Waals surface area contributed by atoms with Crippen LogP contribution < -0.4 is 4.74 Å². The highest BCUT2D eigenvalue weighted by atomic mass is 32.2. The molecule has 0 spiro atoms. The maximum Gasteiger partial charge on any atom is 0.343 e. The van der Waals surface area contributed by atoms with E-state index in [1.54, 1.807) is 37.3 Å². The lowest BCUT2D eigenvalue weighted by atomic mass is 10.1. The molecule has 5 heteroatoms. The summed E-state index contributed by atoms with van der Waals surface area (Å²) in [5.41, 5.74) is 1.09. The van der Waals surface area contributed by atoms with Gasteiger partial charge in [-0.3, -0.25) is 0 Å². The van der Waals surface area contributed by atoms with Gasteiger partial charge >= 0.3 is 5.97 Å². The minimum Gasteiger partial charge on any atom is -0.422 e. The average molecular weight is 316 g/mol. The second-order valence-electron chi connectivity index (χ2n) is 4.68. The Morgan fingerprint density at radius 3 is 2.18 bits per heavy atom. The topological polar surface area (TPSA) is 60.4 Å². The standard InChI is InChI=1S/C17H16O4S/c1-3-14(13-9-5-4-6-10-13)17(18)21-15-11-7-8-12-16(15)22(2,19)20/h3-12H,1-2H3. The molecule has 0 fully saturated rings. The molecule has 0 aliphatic carbocycles. The summed E-state index contributed by atoms with van der Waals surface area (Å²) >= 11 is 0. The lowest BCUT2D eigenvalue weighted by Gasteiger charge is -2.10. The number of hydrogen-bond acceptors (Lipinski definition) is 4. The van der Waals surface area contributed by atoms with Crippen LogP contribution in [0, 0.1) is 0 Å². The minimum absolute atomic E-state index is 0.00753. The van der Waals surface area contributed by atoms with E-state index in [-0.39, 0.29) is 10.6 Å². The number of sulfone groups is 1. The zero-order chi connectivity index (χ0) is 16.2. The van der Waals surface area contributed by atoms with E-state index in [2.05, 4.69) is 0 Å². The zero-order valence-electron chi connectivity index (χ0n) is 12.3. The molecule has 0 amide bonds. The number of carbonyl (C=O) groups is 1. The molecule has 0 saturated carbocycles. The van der Waals surface area contributed by atoms with E-state index >= 15 is 0 Å². The molecular weight excluding hydrogens is 300 g/mol. The quantitative estimate of drug-likeness (QED) is 0.494. The van der Waals surface area contributed by atoms with Gasteiger partial charge in [-0.05, 0) is 24.6 Å². The van der Waals surface area contributed by atoms with Gasteiger partial charge in [0.05, 0.1) is 5.57 Å². The van der Waals surface area contributed by atoms with Crippen molar-refractivity contribution in [2.75, 3.05) is 6.26 Å². The Labute approximate surface area is 130 Å². The molecule has 0 aromatic heterocycles. The molecule has 2 aromatic rings. The average Bonchev–Trinajstić information content (AvgIpc) is 2.48. The van der Waals surface area contributed by atoms with Crippen LogP contribution in [-0.2, 0) is 14.6 Å². The molecule has 0 heterocycles. The molecule has 0 aliphatic rings. The predicted molar refractivity (Wildman–Crippen MR) is 85.3 cm³/mol. The summed E-state index contributed by atoms with van der Waals surface area (Å²) in [6, 6.07) is 15.1. The zero-order valence-corrected chi connectivity index (χ0v) is 13.1. The Hall–Kier alpha value is -2.40. The van der Waals surface area contributed by atoms with Crippen LogP contribution >= 0.6 is 0 Å². The molecular formula is C17H16O4S. The summed E-state index contributed by atoms with van der Waals surface area (Å²) in [5.74, 6) is -0.560. The number of rotatable bonds is 4. The van der Waals surface area contributed by atoms with Crippen LogP contribution in [0.5, 0.6) is 5.75 Å². The van der Waals surface area contributed by atoms with Crippen LogP contribution in [0.15, 0.2) is 65.6 Å². The first-order chi connectivity index (χ1) is 10.4. The second-order valence-corrected chi connectivity index (χ2v) is 6.66. The van der Waals surface area contributed by atoms with Gasteiger partial charge in [-0.25, -0.2) is 13.2 Å². The van der Waals surface area contributed by atoms with Crippen molar-refractivity contribution in [1.29, 1.82) is 0 Å². The van der Waals surface area contributed by atoms with Gasteiger partial charge in [-0.2, -0.15) is 0 Å². The normalized spacial score (nSPS) is 12.0. The second kappa shape index (κ2) is 6.58. The molecule has 0 bridgehead atoms. The van der Waals surface area contributed by atoms with Crippen molar-refractivity contribution in [2.24, 2.45) is 0 Å². The van der Waals surface area contributed by atoms with Gasteiger partial charge in [0, 0.05) is 6.26 Å². The number of para-hydroxylation sites is 1. The molecule has 0 N–H and O–H groups in total. The number of ether oxygens (including phenoxy) is 1. The van der Waals surface area contributed by atoms with E-state index < -0.39 is 15.8 Å². The van der Waals surface area contributed by atoms with Crippen molar-refractivity contribution in [2.45, 2.75) is 11.8 Å². The summed E-state index contributed by atoms with van der Waals surface area (Å²) in [4.78, 5) is 12.3. The third-order valence-corrected chi connectivity index (χ3v) is 4.18. The van der Waals surface area contributed by atoms with Gasteiger partial charge in [-0.1, -0.05) is 48.5 Å². The molecule has 0 saturated heterocycles. The Kier molecular flexibility index (Phi) is 4.78. The lowest BCUT2D eigenvalue weighted by Crippen LogP contribution is -2.12. The number of benzene rings is 2. The third-order valence-electron chi connectivity index (χ3n) is 3.04. The number of hydrogen-bond donors (Lipinski definition) is 0. The first-order valence-electron chi connectivity index (χ1n) is 6.66. The first-order valence-corrected chi connectivity index (χ1v) is 8.55. The van der Waals surface area contributed by atoms with Crippen molar-refractivity contribution < 1.29 is 17.9 Å². The van der Waals surface area contributed by atoms with Crippen molar-refractivity contribution in [3.63, 3.8) is 0 Å². The predicted octanol–water partition coefficient (Wildman–Crippen LogP) is 3.10. The van der Waals surface area contributed by atoms with Gasteiger partial charge in [0.2, 0.25) is 0 Å². The maximum absolute atomic E-state index is 12.3. The largest absolute Gasteiger partial charge is 0.422 e. The van der Waals surface area contributed by atoms with E-state index in [0.717, 1.165) is 6.26 Å². The SMILES string of the molecule is CC=C(C(=O)Oc1ccccc1S(C)(=O)=O)c1ccccc1. The number of allylic oxidation sites excluding steroid dienone is 1. The van der Waals surface area contributed by atoms with Crippen molar-refractivity contribution in [3.8, 4) is 5.75 Å². The Balaban J connectivity index is 2.34. The maximum atomic E-state index is 12.3. The van der Waals surface area contributed by atoms with Crippen LogP contribution in [0.4, 0.5) is 0 Å². The number of esters is 1. The molecule has 22 heavy (non-hydrogen) atoms. The van der Waals surface area contributed by atoms with Crippen molar-refractivity contribution in [1.82, 2.24) is 0 Å². The fourth-order valence-electron chi connectivity index (χ4n) is 2.02. The van der Waals surface area contributed by atoms with Crippen molar-refractivity contribution in [3.05, 3.63) is 66.2 Å². The number of carbonyl (C=O) groups excluding carboxylic acids is 1. The van der Waals surface area contributed by atoms with E-state index in [1.807, 2.05) is 18.2 Å². The van der Waals surface area contributed by atoms with Gasteiger partial charge in [0.25, 0.3) is 0 Å². The van der Waals surface area contributed by atoms with Crippen LogP contribution in [0.2, 0.25) is 0 Å². The van der Waals surface area contributed by atoms with Crippen LogP contribution in [0.1, 0.15) is 12.5 Å². The molecule has 4 nitrogen and oxygen atoms in total. The molecule has 2 rings (SSSR count). The van der Waals surface area contributed by atoms with Gasteiger partial charge in [0.15, 0.2) is 9.84 Å². The molecule has 0 radical (unpaired) electrons. The minimum atomic E-state index is -3.47. The van der Waals surface area contributed by atoms with Gasteiger partial charge in [0.1, 0.15) is 10.6 Å². The lowest BCUT2D eigenvalue weighted by molar-refractivity contribution is -0.128. The van der Waals surface area contributed by atoms with Crippen LogP contribution in [0.3, 0.4) is 0 Å². The summed E-state index contributed by atoms with van der Waals surface area (Å²) < 4.78 is 28.8. The Morgan fingerprint density at radius 2 is 1.59 bits per heavy atom. The summed E-state index contributed by atoms with van der Waals surface area (Å²) in [7, 11) is -3.47. The van der Waals surface area contributed by atoms with Crippen LogP contribution in [-0.4, -0.2) is 20.6 Å². The molecule has 0 unspecified atom stereocenters. The van der Waals surface area contributed by atoms with E-state index in [4.69, 9.17) is 4.74 Å². The van der Waals surface area contributed by atoms with Crippen molar-refractivity contribution >= 4 is 21.4 Å². The van der Waals surface area contributed by atoms with E-state index in [1.165, 1.54) is 12.1 Å². The fourth-order valence-corrected chi connectivity index (χ4v) is 2.82. The summed E-state index contributed by atoms with van der Waals surface area (Å²) in [6.07, 6.45) is 2.72. The highest BCUT2D eigenvalue weighted by Gasteiger charge is 2.19. The van der Waals surface area contributed by atoms with Crippen LogP contribution in [0.25, 0.3) is 5.57 Å². The smallest absolute Gasteiger partial charge is 0.343 e. The molecule has 0 aliphatic heterocycles. The highest BCUT2D eigenvalue weighted by molar-refractivity contribution is 7.90. The summed E-state index contributed by atoms with van der Waals surface area (Å²) in [5, 5.41) is 0. The molecule has 0 atom stereocenters. The Morgan fingerprint density at radius 1 is 1.00 bits per heavy atom. The highest BCUT2D eigenvalue weighted by Crippen LogP contribution is 2.25. The fraction of sp³-hybridized carbons (Fsp3) is 0.118. The monoisotopic (exact) mass is 316 g/mol.